The summed E-state index contributed by atoms with van der Waals surface area (Å²) in [4.78, 5) is 17.4. The van der Waals surface area contributed by atoms with E-state index in [0.29, 0.717) is 13.0 Å². The number of ether oxygens (including phenoxy) is 2. The van der Waals surface area contributed by atoms with Gasteiger partial charge in [0.05, 0.1) is 25.0 Å². The van der Waals surface area contributed by atoms with Gasteiger partial charge < -0.3 is 25.0 Å². The summed E-state index contributed by atoms with van der Waals surface area (Å²) < 4.78 is 21.4. The molecule has 0 aliphatic heterocycles. The second kappa shape index (κ2) is 6.27. The van der Waals surface area contributed by atoms with Gasteiger partial charge in [0.2, 0.25) is 0 Å². The Morgan fingerprint density at radius 1 is 1.12 bits per heavy atom. The van der Waals surface area contributed by atoms with Crippen LogP contribution in [0.2, 0.25) is 0 Å². The fraction of sp³-hybridized carbons (Fsp3) is 1.00. The predicted molar refractivity (Wildman–Crippen MR) is 65.8 cm³/mol. The van der Waals surface area contributed by atoms with Crippen LogP contribution in [0.25, 0.3) is 0 Å². The molecule has 0 amide bonds. The molecule has 0 bridgehead atoms. The number of rotatable bonds is 8. The van der Waals surface area contributed by atoms with Crippen LogP contribution in [0.5, 0.6) is 0 Å². The first-order valence-corrected chi connectivity index (χ1v) is 7.32. The summed E-state index contributed by atoms with van der Waals surface area (Å²) in [7, 11) is -3.98. The summed E-state index contributed by atoms with van der Waals surface area (Å²) in [5.74, 6) is 0. The largest absolute Gasteiger partial charge is 0.375 e. The minimum absolute atomic E-state index is 0.0310. The van der Waals surface area contributed by atoms with E-state index in [0.717, 1.165) is 0 Å². The summed E-state index contributed by atoms with van der Waals surface area (Å²) in [5, 5.41) is 0. The Morgan fingerprint density at radius 2 is 1.65 bits per heavy atom. The fourth-order valence-corrected chi connectivity index (χ4v) is 1.40. The molecule has 6 nitrogen and oxygen atoms in total. The monoisotopic (exact) mass is 269 g/mol. The Kier molecular flexibility index (Phi) is 6.28. The SMILES string of the molecule is CC(C)(N)OCCC(C)(C)OCCP(=O)(O)O. The van der Waals surface area contributed by atoms with Crippen LogP contribution in [-0.4, -0.2) is 40.5 Å². The first-order chi connectivity index (χ1) is 7.41. The molecule has 17 heavy (non-hydrogen) atoms. The van der Waals surface area contributed by atoms with Crippen LogP contribution in [0.3, 0.4) is 0 Å². The van der Waals surface area contributed by atoms with Crippen molar-refractivity contribution in [3.05, 3.63) is 0 Å². The smallest absolute Gasteiger partial charge is 0.327 e. The normalized spacial score (nSPS) is 14.1. The zero-order valence-corrected chi connectivity index (χ0v) is 11.9. The topological polar surface area (TPSA) is 102 Å². The molecule has 0 aromatic heterocycles. The van der Waals surface area contributed by atoms with Crippen molar-refractivity contribution in [2.24, 2.45) is 5.73 Å². The van der Waals surface area contributed by atoms with E-state index in [2.05, 4.69) is 0 Å². The second-order valence-electron chi connectivity index (χ2n) is 5.20. The minimum atomic E-state index is -3.98. The van der Waals surface area contributed by atoms with Gasteiger partial charge in [-0.25, -0.2) is 0 Å². The van der Waals surface area contributed by atoms with Crippen molar-refractivity contribution in [3.63, 3.8) is 0 Å². The number of hydrogen-bond acceptors (Lipinski definition) is 4. The Balaban J connectivity index is 3.84. The van der Waals surface area contributed by atoms with Gasteiger partial charge in [-0.3, -0.25) is 4.57 Å². The van der Waals surface area contributed by atoms with E-state index in [1.165, 1.54) is 0 Å². The zero-order valence-electron chi connectivity index (χ0n) is 11.0. The van der Waals surface area contributed by atoms with Crippen LogP contribution in [0.4, 0.5) is 0 Å². The Bertz CT molecular complexity index is 268. The summed E-state index contributed by atoms with van der Waals surface area (Å²) in [6.07, 6.45) is 0.342. The third-order valence-corrected chi connectivity index (χ3v) is 2.82. The molecule has 0 saturated heterocycles. The van der Waals surface area contributed by atoms with E-state index < -0.39 is 18.9 Å². The average Bonchev–Trinajstić information content (AvgIpc) is 1.96. The summed E-state index contributed by atoms with van der Waals surface area (Å²) in [6.45, 7) is 7.68. The standard InChI is InChI=1S/C10H24NO5P/c1-9(2,5-6-16-10(3,4)11)15-7-8-17(12,13)14/h5-8,11H2,1-4H3,(H2,12,13,14). The highest BCUT2D eigenvalue weighted by atomic mass is 31.2. The van der Waals surface area contributed by atoms with Gasteiger partial charge in [0.25, 0.3) is 0 Å². The molecule has 0 spiro atoms. The molecule has 0 unspecified atom stereocenters. The third-order valence-electron chi connectivity index (χ3n) is 2.05. The highest BCUT2D eigenvalue weighted by molar-refractivity contribution is 7.51. The minimum Gasteiger partial charge on any atom is -0.375 e. The first-order valence-electron chi connectivity index (χ1n) is 5.53. The van der Waals surface area contributed by atoms with E-state index >= 15 is 0 Å². The molecule has 0 radical (unpaired) electrons. The van der Waals surface area contributed by atoms with Crippen LogP contribution in [0.1, 0.15) is 34.1 Å². The van der Waals surface area contributed by atoms with Gasteiger partial charge >= 0.3 is 7.60 Å². The number of hydrogen-bond donors (Lipinski definition) is 3. The lowest BCUT2D eigenvalue weighted by Gasteiger charge is -2.27. The van der Waals surface area contributed by atoms with E-state index in [9.17, 15) is 4.57 Å². The molecule has 0 aromatic rings. The van der Waals surface area contributed by atoms with Crippen LogP contribution in [0, 0.1) is 0 Å². The molecule has 104 valence electrons. The summed E-state index contributed by atoms with van der Waals surface area (Å²) in [6, 6.07) is 0. The summed E-state index contributed by atoms with van der Waals surface area (Å²) in [5.41, 5.74) is 4.49. The zero-order chi connectivity index (χ0) is 13.7. The molecule has 0 saturated carbocycles. The van der Waals surface area contributed by atoms with Crippen molar-refractivity contribution in [1.29, 1.82) is 0 Å². The van der Waals surface area contributed by atoms with Gasteiger partial charge in [-0.1, -0.05) is 0 Å². The van der Waals surface area contributed by atoms with Crippen molar-refractivity contribution in [2.75, 3.05) is 19.4 Å². The quantitative estimate of drug-likeness (QED) is 0.450. The predicted octanol–water partition coefficient (Wildman–Crippen LogP) is 1.06. The van der Waals surface area contributed by atoms with Gasteiger partial charge in [-0.2, -0.15) is 0 Å². The average molecular weight is 269 g/mol. The van der Waals surface area contributed by atoms with Gasteiger partial charge in [0.15, 0.2) is 0 Å². The highest BCUT2D eigenvalue weighted by Gasteiger charge is 2.22. The molecule has 0 aromatic carbocycles. The second-order valence-corrected chi connectivity index (χ2v) is 6.97. The molecule has 0 aliphatic carbocycles. The van der Waals surface area contributed by atoms with Gasteiger partial charge in [0.1, 0.15) is 5.72 Å². The molecule has 0 atom stereocenters. The van der Waals surface area contributed by atoms with Crippen LogP contribution in [-0.2, 0) is 14.0 Å². The van der Waals surface area contributed by atoms with Crippen molar-refractivity contribution in [1.82, 2.24) is 0 Å². The van der Waals surface area contributed by atoms with E-state index in [1.54, 1.807) is 13.8 Å². The van der Waals surface area contributed by atoms with E-state index in [-0.39, 0.29) is 12.8 Å². The lowest BCUT2D eigenvalue weighted by Crippen LogP contribution is -2.37. The van der Waals surface area contributed by atoms with Gasteiger partial charge in [-0.05, 0) is 34.1 Å². The molecule has 0 rings (SSSR count). The maximum atomic E-state index is 10.6. The lowest BCUT2D eigenvalue weighted by atomic mass is 10.1. The molecule has 7 heteroatoms. The molecule has 0 aliphatic rings. The Morgan fingerprint density at radius 3 is 2.06 bits per heavy atom. The third kappa shape index (κ3) is 12.3. The maximum Gasteiger partial charge on any atom is 0.327 e. The van der Waals surface area contributed by atoms with Crippen LogP contribution < -0.4 is 5.73 Å². The molecular weight excluding hydrogens is 245 g/mol. The van der Waals surface area contributed by atoms with E-state index in [1.807, 2.05) is 13.8 Å². The van der Waals surface area contributed by atoms with Crippen LogP contribution in [0.15, 0.2) is 0 Å². The van der Waals surface area contributed by atoms with Crippen molar-refractivity contribution in [3.8, 4) is 0 Å². The maximum absolute atomic E-state index is 10.6. The number of nitrogens with two attached hydrogens (primary N) is 1. The van der Waals surface area contributed by atoms with E-state index in [4.69, 9.17) is 25.0 Å². The van der Waals surface area contributed by atoms with Crippen molar-refractivity contribution < 1.29 is 23.8 Å². The molecule has 0 fully saturated rings. The Hall–Kier alpha value is 0.0300. The molecular formula is C10H24NO5P. The molecule has 0 heterocycles. The highest BCUT2D eigenvalue weighted by Crippen LogP contribution is 2.34. The van der Waals surface area contributed by atoms with Gasteiger partial charge in [-0.15, -0.1) is 0 Å². The van der Waals surface area contributed by atoms with Gasteiger partial charge in [0, 0.05) is 0 Å². The Labute approximate surface area is 103 Å². The lowest BCUT2D eigenvalue weighted by molar-refractivity contribution is -0.0667. The summed E-state index contributed by atoms with van der Waals surface area (Å²) >= 11 is 0. The van der Waals surface area contributed by atoms with Crippen molar-refractivity contribution >= 4 is 7.60 Å². The van der Waals surface area contributed by atoms with Crippen LogP contribution >= 0.6 is 7.60 Å². The fourth-order valence-electron chi connectivity index (χ4n) is 1.07. The molecule has 4 N–H and O–H groups in total. The first kappa shape index (κ1) is 17.0. The van der Waals surface area contributed by atoms with Crippen molar-refractivity contribution in [2.45, 2.75) is 45.4 Å².